The molecule has 2 aliphatic heterocycles. The Bertz CT molecular complexity index is 2140. The summed E-state index contributed by atoms with van der Waals surface area (Å²) >= 11 is 0. The zero-order valence-corrected chi connectivity index (χ0v) is 32.6. The first-order chi connectivity index (χ1) is 26.8. The van der Waals surface area contributed by atoms with Crippen LogP contribution in [-0.2, 0) is 37.3 Å². The van der Waals surface area contributed by atoms with Crippen LogP contribution in [0.4, 0.5) is 5.69 Å². The molecule has 4 N–H and O–H groups in total. The van der Waals surface area contributed by atoms with Crippen LogP contribution in [0.5, 0.6) is 0 Å². The number of pyridine rings is 1. The summed E-state index contributed by atoms with van der Waals surface area (Å²) in [4.78, 5) is 34.8. The quantitative estimate of drug-likeness (QED) is 0.112. The van der Waals surface area contributed by atoms with Crippen LogP contribution in [0.1, 0.15) is 82.3 Å². The van der Waals surface area contributed by atoms with Crippen molar-refractivity contribution in [3.8, 4) is 11.1 Å². The van der Waals surface area contributed by atoms with Gasteiger partial charge in [0.2, 0.25) is 0 Å². The number of rotatable bonds is 13. The van der Waals surface area contributed by atoms with Crippen molar-refractivity contribution in [3.63, 3.8) is 0 Å². The number of fused-ring (bicyclic) bond motifs is 1. The van der Waals surface area contributed by atoms with Crippen molar-refractivity contribution >= 4 is 28.5 Å². The maximum Gasteiger partial charge on any atom is 0.251 e. The Balaban J connectivity index is 1.02. The fourth-order valence-electron chi connectivity index (χ4n) is 7.83. The summed E-state index contributed by atoms with van der Waals surface area (Å²) in [6.07, 6.45) is 4.39. The molecule has 288 valence electrons. The zero-order valence-electron chi connectivity index (χ0n) is 32.6. The molecule has 5 aromatic rings. The average Bonchev–Trinajstić information content (AvgIpc) is 3.62. The van der Waals surface area contributed by atoms with Gasteiger partial charge in [0.15, 0.2) is 5.65 Å². The van der Waals surface area contributed by atoms with Crippen molar-refractivity contribution in [2.24, 2.45) is 0 Å². The number of ether oxygens (including phenoxy) is 1. The van der Waals surface area contributed by atoms with Crippen LogP contribution in [0.2, 0.25) is 0 Å². The Morgan fingerprint density at radius 3 is 2.29 bits per heavy atom. The minimum Gasteiger partial charge on any atom is -0.381 e. The van der Waals surface area contributed by atoms with Crippen LogP contribution in [0.15, 0.2) is 72.9 Å². The fourth-order valence-corrected chi connectivity index (χ4v) is 7.83. The average molecular weight is 743 g/mol. The van der Waals surface area contributed by atoms with Gasteiger partial charge < -0.3 is 26.0 Å². The number of carbonyl (C=O) groups excluding carboxylic acids is 2. The molecule has 2 fully saturated rings. The topological polar surface area (TPSA) is 125 Å². The monoisotopic (exact) mass is 742 g/mol. The van der Waals surface area contributed by atoms with Gasteiger partial charge in [-0.25, -0.2) is 9.67 Å². The van der Waals surface area contributed by atoms with Gasteiger partial charge in [-0.3, -0.25) is 14.5 Å². The van der Waals surface area contributed by atoms with Crippen LogP contribution in [0.25, 0.3) is 22.2 Å². The van der Waals surface area contributed by atoms with Crippen molar-refractivity contribution in [1.29, 1.82) is 0 Å². The number of aryl methyl sites for hydroxylation is 3. The standard InChI is InChI=1S/C44H54N8O3/c1-5-40-38(41(49-37-13-17-55-18-14-37)39-26-48-52(6-2)42(39)50-40)25-47-44(54)36-20-29(3)19-35(23-36)43(53)46-24-31-9-7-11-33(21-31)34-12-8-10-32(22-34)28-51-16-15-45-30(4)27-51/h7-12,19-23,26,30,37,45H,5-6,13-18,24-25,27-28H2,1-4H3,(H,46,53)(H,47,54)(H,49,50)/t30-/m1/s1. The molecule has 2 amide bonds. The number of nitrogens with one attached hydrogen (secondary N) is 4. The van der Waals surface area contributed by atoms with Crippen molar-refractivity contribution in [2.75, 3.05) is 38.2 Å². The SMILES string of the molecule is CCc1nc2c(cnn2CC)c(NC2CCOCC2)c1CNC(=O)c1cc(C)cc(C(=O)NCc2cccc(-c3cccc(CN4CCN[C@H](C)C4)c3)c2)c1. The molecule has 0 unspecified atom stereocenters. The summed E-state index contributed by atoms with van der Waals surface area (Å²) in [6, 6.07) is 23.1. The highest BCUT2D eigenvalue weighted by atomic mass is 16.5. The first-order valence-corrected chi connectivity index (χ1v) is 19.8. The van der Waals surface area contributed by atoms with Crippen LogP contribution in [0.3, 0.4) is 0 Å². The first-order valence-electron chi connectivity index (χ1n) is 19.8. The predicted octanol–water partition coefficient (Wildman–Crippen LogP) is 6.23. The summed E-state index contributed by atoms with van der Waals surface area (Å²) < 4.78 is 7.53. The van der Waals surface area contributed by atoms with E-state index in [1.807, 2.05) is 42.1 Å². The van der Waals surface area contributed by atoms with Gasteiger partial charge in [-0.05, 0) is 98.2 Å². The molecule has 11 heteroatoms. The lowest BCUT2D eigenvalue weighted by Crippen LogP contribution is -2.48. The predicted molar refractivity (Wildman–Crippen MR) is 218 cm³/mol. The Kier molecular flexibility index (Phi) is 12.2. The highest BCUT2D eigenvalue weighted by molar-refractivity contribution is 6.00. The number of nitrogens with zero attached hydrogens (tertiary/aromatic N) is 4. The minimum absolute atomic E-state index is 0.228. The maximum absolute atomic E-state index is 13.7. The third-order valence-corrected chi connectivity index (χ3v) is 10.7. The fraction of sp³-hybridized carbons (Fsp3) is 0.409. The number of amides is 2. The molecule has 0 radical (unpaired) electrons. The number of aromatic nitrogens is 3. The molecule has 2 saturated heterocycles. The number of hydrogen-bond donors (Lipinski definition) is 4. The van der Waals surface area contributed by atoms with E-state index < -0.39 is 0 Å². The van der Waals surface area contributed by atoms with E-state index in [0.717, 1.165) is 89.3 Å². The van der Waals surface area contributed by atoms with Crippen molar-refractivity contribution < 1.29 is 14.3 Å². The summed E-state index contributed by atoms with van der Waals surface area (Å²) in [5, 5.41) is 19.1. The lowest BCUT2D eigenvalue weighted by atomic mass is 10.0. The van der Waals surface area contributed by atoms with Gasteiger partial charge in [-0.1, -0.05) is 43.3 Å². The van der Waals surface area contributed by atoms with E-state index in [4.69, 9.17) is 9.72 Å². The summed E-state index contributed by atoms with van der Waals surface area (Å²) in [6.45, 7) is 15.1. The van der Waals surface area contributed by atoms with E-state index >= 15 is 0 Å². The van der Waals surface area contributed by atoms with E-state index in [9.17, 15) is 9.59 Å². The molecule has 3 aromatic carbocycles. The smallest absolute Gasteiger partial charge is 0.251 e. The van der Waals surface area contributed by atoms with Gasteiger partial charge in [0.05, 0.1) is 17.3 Å². The van der Waals surface area contributed by atoms with Gasteiger partial charge in [0.1, 0.15) is 0 Å². The highest BCUT2D eigenvalue weighted by Gasteiger charge is 2.23. The third-order valence-electron chi connectivity index (χ3n) is 10.7. The largest absolute Gasteiger partial charge is 0.381 e. The highest BCUT2D eigenvalue weighted by Crippen LogP contribution is 2.31. The number of carbonyl (C=O) groups is 2. The molecule has 2 aliphatic rings. The molecular formula is C44H54N8O3. The van der Waals surface area contributed by atoms with E-state index in [-0.39, 0.29) is 24.4 Å². The Hall–Kier alpha value is -5.10. The van der Waals surface area contributed by atoms with E-state index in [0.29, 0.717) is 49.9 Å². The maximum atomic E-state index is 13.7. The third kappa shape index (κ3) is 9.24. The number of anilines is 1. The number of piperazine rings is 1. The van der Waals surface area contributed by atoms with Gasteiger partial charge in [-0.2, -0.15) is 5.10 Å². The van der Waals surface area contributed by atoms with E-state index in [1.165, 1.54) is 5.56 Å². The zero-order chi connectivity index (χ0) is 38.3. The van der Waals surface area contributed by atoms with Gasteiger partial charge in [-0.15, -0.1) is 0 Å². The Morgan fingerprint density at radius 2 is 1.60 bits per heavy atom. The Labute approximate surface area is 324 Å². The van der Waals surface area contributed by atoms with E-state index in [2.05, 4.69) is 88.4 Å². The molecule has 11 nitrogen and oxygen atoms in total. The molecule has 0 bridgehead atoms. The number of benzene rings is 3. The minimum atomic E-state index is -0.248. The van der Waals surface area contributed by atoms with Crippen molar-refractivity contribution in [2.45, 2.75) is 85.2 Å². The van der Waals surface area contributed by atoms with E-state index in [1.54, 1.807) is 6.07 Å². The van der Waals surface area contributed by atoms with Crippen LogP contribution in [0, 0.1) is 6.92 Å². The normalized spacial score (nSPS) is 16.6. The summed E-state index contributed by atoms with van der Waals surface area (Å²) in [5.41, 5.74) is 9.98. The molecule has 55 heavy (non-hydrogen) atoms. The van der Waals surface area contributed by atoms with Gasteiger partial charge >= 0.3 is 0 Å². The second kappa shape index (κ2) is 17.6. The van der Waals surface area contributed by atoms with Gasteiger partial charge in [0.25, 0.3) is 11.8 Å². The lowest BCUT2D eigenvalue weighted by molar-refractivity contribution is 0.0904. The first kappa shape index (κ1) is 38.2. The molecular weight excluding hydrogens is 689 g/mol. The lowest BCUT2D eigenvalue weighted by Gasteiger charge is -2.31. The second-order valence-corrected chi connectivity index (χ2v) is 14.9. The molecule has 1 atom stereocenters. The second-order valence-electron chi connectivity index (χ2n) is 14.9. The van der Waals surface area contributed by atoms with Gasteiger partial charge in [0, 0.05) is 93.5 Å². The molecule has 0 spiro atoms. The van der Waals surface area contributed by atoms with Crippen molar-refractivity contribution in [3.05, 3.63) is 112 Å². The number of hydrogen-bond acceptors (Lipinski definition) is 8. The molecule has 4 heterocycles. The molecule has 7 rings (SSSR count). The molecule has 0 aliphatic carbocycles. The summed E-state index contributed by atoms with van der Waals surface area (Å²) in [5.74, 6) is -0.475. The van der Waals surface area contributed by atoms with Crippen molar-refractivity contribution in [1.82, 2.24) is 35.6 Å². The molecule has 2 aromatic heterocycles. The Morgan fingerprint density at radius 1 is 0.909 bits per heavy atom. The van der Waals surface area contributed by atoms with Crippen LogP contribution >= 0.6 is 0 Å². The summed E-state index contributed by atoms with van der Waals surface area (Å²) in [7, 11) is 0. The molecule has 0 saturated carbocycles. The van der Waals surface area contributed by atoms with Crippen LogP contribution in [-0.4, -0.2) is 76.4 Å². The van der Waals surface area contributed by atoms with Crippen LogP contribution < -0.4 is 21.3 Å².